The van der Waals surface area contributed by atoms with Crippen LogP contribution in [-0.4, -0.2) is 33.0 Å². The molecule has 7 heteroatoms. The van der Waals surface area contributed by atoms with Gasteiger partial charge < -0.3 is 10.2 Å². The standard InChI is InChI=1S/C19H14N2O4S/c22-16-14(19(24)25)17-13(7-9-26-17)21(18(16)23)10-12-6-8-20-15(12)11-4-2-1-3-5-11/h1-7,9,22H,8,10H2,(H,24,25). The number of thiophene rings is 1. The number of carboxylic acids is 1. The maximum absolute atomic E-state index is 12.6. The van der Waals surface area contributed by atoms with Crippen molar-refractivity contribution in [1.29, 1.82) is 0 Å². The van der Waals surface area contributed by atoms with Crippen molar-refractivity contribution in [2.45, 2.75) is 6.54 Å². The molecule has 4 rings (SSSR count). The van der Waals surface area contributed by atoms with Crippen LogP contribution in [0.3, 0.4) is 0 Å². The number of hydrogen-bond acceptors (Lipinski definition) is 5. The number of carbonyl (C=O) groups is 1. The van der Waals surface area contributed by atoms with Gasteiger partial charge in [-0.3, -0.25) is 14.4 Å². The Hall–Kier alpha value is -3.19. The Morgan fingerprint density at radius 2 is 2.00 bits per heavy atom. The van der Waals surface area contributed by atoms with Gasteiger partial charge in [0.05, 0.1) is 29.0 Å². The second-order valence-electron chi connectivity index (χ2n) is 5.84. The molecule has 1 aliphatic rings. The highest BCUT2D eigenvalue weighted by Gasteiger charge is 2.24. The van der Waals surface area contributed by atoms with E-state index < -0.39 is 17.3 Å². The first-order valence-electron chi connectivity index (χ1n) is 7.93. The van der Waals surface area contributed by atoms with Crippen LogP contribution in [-0.2, 0) is 6.54 Å². The van der Waals surface area contributed by atoms with E-state index in [0.29, 0.717) is 16.8 Å². The number of fused-ring (bicyclic) bond motifs is 1. The van der Waals surface area contributed by atoms with Gasteiger partial charge in [0.25, 0.3) is 5.56 Å². The molecule has 0 spiro atoms. The number of aliphatic imine (C=N–C) groups is 1. The van der Waals surface area contributed by atoms with Crippen LogP contribution >= 0.6 is 11.3 Å². The minimum Gasteiger partial charge on any atom is -0.502 e. The quantitative estimate of drug-likeness (QED) is 0.743. The highest BCUT2D eigenvalue weighted by Crippen LogP contribution is 2.29. The fourth-order valence-electron chi connectivity index (χ4n) is 3.14. The van der Waals surface area contributed by atoms with Crippen LogP contribution in [0, 0.1) is 0 Å². The Morgan fingerprint density at radius 1 is 1.23 bits per heavy atom. The van der Waals surface area contributed by atoms with Gasteiger partial charge in [0.2, 0.25) is 0 Å². The van der Waals surface area contributed by atoms with E-state index in [1.54, 1.807) is 11.4 Å². The third-order valence-corrected chi connectivity index (χ3v) is 5.25. The van der Waals surface area contributed by atoms with Gasteiger partial charge in [0, 0.05) is 5.56 Å². The molecule has 0 atom stereocenters. The Balaban J connectivity index is 1.82. The molecule has 0 saturated carbocycles. The normalized spacial score (nSPS) is 13.7. The first-order chi connectivity index (χ1) is 12.6. The molecular formula is C19H14N2O4S. The van der Waals surface area contributed by atoms with Crippen LogP contribution < -0.4 is 5.56 Å². The molecule has 0 bridgehead atoms. The minimum atomic E-state index is -1.31. The molecule has 1 aromatic carbocycles. The molecule has 0 aliphatic carbocycles. The van der Waals surface area contributed by atoms with E-state index in [9.17, 15) is 19.8 Å². The monoisotopic (exact) mass is 366 g/mol. The highest BCUT2D eigenvalue weighted by molar-refractivity contribution is 7.17. The van der Waals surface area contributed by atoms with E-state index >= 15 is 0 Å². The molecule has 0 fully saturated rings. The average Bonchev–Trinajstić information content (AvgIpc) is 3.28. The van der Waals surface area contributed by atoms with Crippen molar-refractivity contribution in [2.75, 3.05) is 6.54 Å². The third kappa shape index (κ3) is 2.53. The number of aromatic nitrogens is 1. The number of allylic oxidation sites excluding steroid dienone is 1. The summed E-state index contributed by atoms with van der Waals surface area (Å²) in [5.41, 5.74) is 2.07. The van der Waals surface area contributed by atoms with Crippen LogP contribution in [0.1, 0.15) is 15.9 Å². The van der Waals surface area contributed by atoms with E-state index in [2.05, 4.69) is 4.99 Å². The second-order valence-corrected chi connectivity index (χ2v) is 6.76. The number of aromatic carboxylic acids is 1. The first kappa shape index (κ1) is 16.3. The number of rotatable bonds is 4. The minimum absolute atomic E-state index is 0.216. The van der Waals surface area contributed by atoms with Gasteiger partial charge >= 0.3 is 5.97 Å². The van der Waals surface area contributed by atoms with Crippen LogP contribution in [0.4, 0.5) is 0 Å². The average molecular weight is 366 g/mol. The Bertz CT molecular complexity index is 1140. The summed E-state index contributed by atoms with van der Waals surface area (Å²) in [5, 5.41) is 21.2. The fraction of sp³-hybridized carbons (Fsp3) is 0.105. The van der Waals surface area contributed by atoms with Crippen LogP contribution in [0.2, 0.25) is 0 Å². The maximum Gasteiger partial charge on any atom is 0.341 e. The smallest absolute Gasteiger partial charge is 0.341 e. The van der Waals surface area contributed by atoms with Gasteiger partial charge in [-0.25, -0.2) is 4.79 Å². The Morgan fingerprint density at radius 3 is 2.73 bits per heavy atom. The Labute approximate surface area is 152 Å². The molecule has 0 radical (unpaired) electrons. The SMILES string of the molecule is O=C(O)c1c(O)c(=O)n(CC2=CCN=C2c2ccccc2)c2ccsc12. The number of carboxylic acid groups (broad SMARTS) is 1. The van der Waals surface area contributed by atoms with Gasteiger partial charge in [-0.05, 0) is 17.0 Å². The van der Waals surface area contributed by atoms with Gasteiger partial charge in [-0.2, -0.15) is 0 Å². The number of benzene rings is 1. The molecule has 2 N–H and O–H groups in total. The topological polar surface area (TPSA) is 91.9 Å². The summed E-state index contributed by atoms with van der Waals surface area (Å²) in [4.78, 5) is 28.6. The zero-order valence-electron chi connectivity index (χ0n) is 13.5. The van der Waals surface area contributed by atoms with E-state index in [-0.39, 0.29) is 12.1 Å². The summed E-state index contributed by atoms with van der Waals surface area (Å²) >= 11 is 1.18. The lowest BCUT2D eigenvalue weighted by molar-refractivity contribution is 0.0695. The lowest BCUT2D eigenvalue weighted by Crippen LogP contribution is -2.24. The second kappa shape index (κ2) is 6.27. The van der Waals surface area contributed by atoms with Crippen molar-refractivity contribution in [3.8, 4) is 5.75 Å². The predicted octanol–water partition coefficient (Wildman–Crippen LogP) is 2.90. The number of hydrogen-bond donors (Lipinski definition) is 2. The summed E-state index contributed by atoms with van der Waals surface area (Å²) in [6.07, 6.45) is 1.94. The summed E-state index contributed by atoms with van der Waals surface area (Å²) in [6, 6.07) is 11.4. The van der Waals surface area contributed by atoms with Crippen molar-refractivity contribution in [3.63, 3.8) is 0 Å². The molecule has 0 unspecified atom stereocenters. The molecule has 2 aromatic heterocycles. The molecule has 0 saturated heterocycles. The van der Waals surface area contributed by atoms with Crippen LogP contribution in [0.25, 0.3) is 10.2 Å². The zero-order chi connectivity index (χ0) is 18.3. The van der Waals surface area contributed by atoms with Crippen LogP contribution in [0.15, 0.2) is 63.2 Å². The first-order valence-corrected chi connectivity index (χ1v) is 8.81. The highest BCUT2D eigenvalue weighted by atomic mass is 32.1. The summed E-state index contributed by atoms with van der Waals surface area (Å²) in [7, 11) is 0. The van der Waals surface area contributed by atoms with E-state index in [1.165, 1.54) is 15.9 Å². The number of pyridine rings is 1. The van der Waals surface area contributed by atoms with Gasteiger partial charge in [-0.15, -0.1) is 11.3 Å². The summed E-state index contributed by atoms with van der Waals surface area (Å²) in [6.45, 7) is 0.744. The molecule has 130 valence electrons. The van der Waals surface area contributed by atoms with Crippen molar-refractivity contribution in [1.82, 2.24) is 4.57 Å². The lowest BCUT2D eigenvalue weighted by atomic mass is 10.0. The Kier molecular flexibility index (Phi) is 3.93. The van der Waals surface area contributed by atoms with Gasteiger partial charge in [0.1, 0.15) is 5.56 Å². The summed E-state index contributed by atoms with van der Waals surface area (Å²) < 4.78 is 1.79. The summed E-state index contributed by atoms with van der Waals surface area (Å²) in [5.74, 6) is -2.05. The zero-order valence-corrected chi connectivity index (χ0v) is 14.4. The third-order valence-electron chi connectivity index (χ3n) is 4.33. The van der Waals surface area contributed by atoms with Crippen molar-refractivity contribution < 1.29 is 15.0 Å². The van der Waals surface area contributed by atoms with Gasteiger partial charge in [0.15, 0.2) is 5.75 Å². The van der Waals surface area contributed by atoms with E-state index in [4.69, 9.17) is 0 Å². The van der Waals surface area contributed by atoms with Crippen molar-refractivity contribution in [3.05, 3.63) is 74.9 Å². The molecule has 3 heterocycles. The number of aromatic hydroxyl groups is 1. The van der Waals surface area contributed by atoms with E-state index in [1.807, 2.05) is 36.4 Å². The van der Waals surface area contributed by atoms with Crippen molar-refractivity contribution >= 4 is 33.2 Å². The van der Waals surface area contributed by atoms with Crippen LogP contribution in [0.5, 0.6) is 5.75 Å². The predicted molar refractivity (Wildman–Crippen MR) is 101 cm³/mol. The largest absolute Gasteiger partial charge is 0.502 e. The molecule has 0 amide bonds. The van der Waals surface area contributed by atoms with Gasteiger partial charge in [-0.1, -0.05) is 36.4 Å². The molecule has 26 heavy (non-hydrogen) atoms. The van der Waals surface area contributed by atoms with Crippen molar-refractivity contribution in [2.24, 2.45) is 4.99 Å². The maximum atomic E-state index is 12.6. The fourth-order valence-corrected chi connectivity index (χ4v) is 4.07. The molecule has 3 aromatic rings. The molecular weight excluding hydrogens is 352 g/mol. The van der Waals surface area contributed by atoms with E-state index in [0.717, 1.165) is 16.8 Å². The molecule has 6 nitrogen and oxygen atoms in total. The number of nitrogens with zero attached hydrogens (tertiary/aromatic N) is 2. The lowest BCUT2D eigenvalue weighted by Gasteiger charge is -2.13. The molecule has 1 aliphatic heterocycles.